The molecule has 1 aromatic carbocycles. The van der Waals surface area contributed by atoms with E-state index >= 15 is 0 Å². The van der Waals surface area contributed by atoms with Gasteiger partial charge in [0.1, 0.15) is 6.04 Å². The van der Waals surface area contributed by atoms with Crippen LogP contribution in [0.1, 0.15) is 38.7 Å². The van der Waals surface area contributed by atoms with Gasteiger partial charge in [-0.15, -0.1) is 0 Å². The lowest BCUT2D eigenvalue weighted by atomic mass is 9.81. The summed E-state index contributed by atoms with van der Waals surface area (Å²) in [4.78, 5) is 51.5. The van der Waals surface area contributed by atoms with Gasteiger partial charge in [-0.25, -0.2) is 4.79 Å². The Balaban J connectivity index is 1.35. The van der Waals surface area contributed by atoms with Gasteiger partial charge in [-0.1, -0.05) is 22.9 Å². The van der Waals surface area contributed by atoms with Crippen molar-refractivity contribution in [1.82, 2.24) is 4.90 Å². The predicted molar refractivity (Wildman–Crippen MR) is 112 cm³/mol. The molecular formula is C22H25BrN2O5. The number of rotatable bonds is 6. The zero-order chi connectivity index (χ0) is 21.6. The van der Waals surface area contributed by atoms with Gasteiger partial charge in [0.2, 0.25) is 11.8 Å². The number of amides is 3. The van der Waals surface area contributed by atoms with E-state index in [0.717, 1.165) is 40.6 Å². The molecule has 7 nitrogen and oxygen atoms in total. The lowest BCUT2D eigenvalue weighted by Crippen LogP contribution is -2.45. The van der Waals surface area contributed by atoms with Crippen molar-refractivity contribution in [2.24, 2.45) is 23.7 Å². The number of hydrogen-bond donors (Lipinski definition) is 1. The number of halogens is 1. The first-order valence-corrected chi connectivity index (χ1v) is 11.2. The van der Waals surface area contributed by atoms with E-state index in [2.05, 4.69) is 21.2 Å². The Morgan fingerprint density at radius 3 is 2.43 bits per heavy atom. The number of esters is 1. The predicted octanol–water partition coefficient (Wildman–Crippen LogP) is 2.91. The average Bonchev–Trinajstić information content (AvgIpc) is 3.40. The van der Waals surface area contributed by atoms with Crippen molar-refractivity contribution in [1.29, 1.82) is 0 Å². The van der Waals surface area contributed by atoms with Crippen molar-refractivity contribution in [2.45, 2.75) is 45.6 Å². The van der Waals surface area contributed by atoms with E-state index in [4.69, 9.17) is 4.74 Å². The van der Waals surface area contributed by atoms with Crippen LogP contribution in [0.5, 0.6) is 0 Å². The highest BCUT2D eigenvalue weighted by Gasteiger charge is 2.62. The third-order valence-corrected chi connectivity index (χ3v) is 7.25. The fourth-order valence-corrected chi connectivity index (χ4v) is 5.75. The number of hydrogen-bond acceptors (Lipinski definition) is 5. The number of carbonyl (C=O) groups is 4. The number of ether oxygens (including phenoxy) is 1. The Hall–Kier alpha value is -2.22. The van der Waals surface area contributed by atoms with Gasteiger partial charge in [-0.05, 0) is 68.2 Å². The smallest absolute Gasteiger partial charge is 0.329 e. The molecule has 0 aromatic heterocycles. The maximum atomic E-state index is 12.8. The summed E-state index contributed by atoms with van der Waals surface area (Å²) in [6.07, 6.45) is 3.63. The molecule has 4 rings (SSSR count). The van der Waals surface area contributed by atoms with Crippen LogP contribution in [0.15, 0.2) is 22.7 Å². The number of nitrogens with one attached hydrogen (secondary N) is 1. The second kappa shape index (κ2) is 8.13. The number of likely N-dealkylation sites (tertiary alicyclic amines) is 1. The quantitative estimate of drug-likeness (QED) is 0.503. The van der Waals surface area contributed by atoms with Gasteiger partial charge >= 0.3 is 5.97 Å². The monoisotopic (exact) mass is 476 g/mol. The van der Waals surface area contributed by atoms with E-state index < -0.39 is 24.5 Å². The lowest BCUT2D eigenvalue weighted by Gasteiger charge is -2.23. The van der Waals surface area contributed by atoms with E-state index in [-0.39, 0.29) is 35.5 Å². The highest BCUT2D eigenvalue weighted by atomic mass is 79.9. The summed E-state index contributed by atoms with van der Waals surface area (Å²) in [6, 6.07) is 4.48. The van der Waals surface area contributed by atoms with Gasteiger partial charge in [0, 0.05) is 10.2 Å². The molecule has 1 saturated heterocycles. The molecule has 1 heterocycles. The van der Waals surface area contributed by atoms with Crippen molar-refractivity contribution >= 4 is 45.3 Å². The second-order valence-electron chi connectivity index (χ2n) is 8.42. The van der Waals surface area contributed by atoms with Crippen LogP contribution in [0, 0.1) is 23.7 Å². The van der Waals surface area contributed by atoms with Crippen LogP contribution in [-0.2, 0) is 30.3 Å². The van der Waals surface area contributed by atoms with E-state index in [9.17, 15) is 19.2 Å². The molecule has 2 aliphatic carbocycles. The molecule has 0 spiro atoms. The lowest BCUT2D eigenvalue weighted by molar-refractivity contribution is -0.159. The van der Waals surface area contributed by atoms with Crippen molar-refractivity contribution in [3.05, 3.63) is 28.2 Å². The molecule has 2 saturated carbocycles. The minimum atomic E-state index is -1.03. The van der Waals surface area contributed by atoms with Crippen LogP contribution in [-0.4, -0.2) is 41.2 Å². The minimum Gasteiger partial charge on any atom is -0.454 e. The summed E-state index contributed by atoms with van der Waals surface area (Å²) in [5, 5.41) is 2.74. The fourth-order valence-electron chi connectivity index (χ4n) is 5.34. The molecule has 3 fully saturated rings. The van der Waals surface area contributed by atoms with Gasteiger partial charge in [-0.2, -0.15) is 0 Å². The fraction of sp³-hybridized carbons (Fsp3) is 0.545. The number of benzene rings is 1. The van der Waals surface area contributed by atoms with Crippen molar-refractivity contribution in [3.63, 3.8) is 0 Å². The van der Waals surface area contributed by atoms with Crippen LogP contribution < -0.4 is 5.32 Å². The summed E-state index contributed by atoms with van der Waals surface area (Å²) in [7, 11) is 0. The second-order valence-corrected chi connectivity index (χ2v) is 9.33. The third kappa shape index (κ3) is 3.55. The molecule has 1 N–H and O–H groups in total. The third-order valence-electron chi connectivity index (χ3n) is 6.76. The van der Waals surface area contributed by atoms with E-state index in [1.54, 1.807) is 6.07 Å². The molecule has 2 bridgehead atoms. The van der Waals surface area contributed by atoms with Gasteiger partial charge in [0.05, 0.1) is 11.8 Å². The zero-order valence-electron chi connectivity index (χ0n) is 17.0. The number of carbonyl (C=O) groups excluding carboxylic acids is 4. The largest absolute Gasteiger partial charge is 0.454 e. The summed E-state index contributed by atoms with van der Waals surface area (Å²) < 4.78 is 6.04. The highest BCUT2D eigenvalue weighted by Crippen LogP contribution is 2.56. The first-order valence-electron chi connectivity index (χ1n) is 10.4. The molecule has 160 valence electrons. The van der Waals surface area contributed by atoms with Crippen LogP contribution in [0.4, 0.5) is 5.69 Å². The Bertz CT molecular complexity index is 889. The number of fused-ring (bicyclic) bond motifs is 5. The summed E-state index contributed by atoms with van der Waals surface area (Å²) >= 11 is 3.40. The summed E-state index contributed by atoms with van der Waals surface area (Å²) in [5.41, 5.74) is 1.61. The number of aryl methyl sites for hydroxylation is 1. The minimum absolute atomic E-state index is 0.256. The van der Waals surface area contributed by atoms with Crippen molar-refractivity contribution in [3.8, 4) is 0 Å². The van der Waals surface area contributed by atoms with Gasteiger partial charge in [0.15, 0.2) is 6.61 Å². The molecular weight excluding hydrogens is 452 g/mol. The molecule has 5 atom stereocenters. The zero-order valence-corrected chi connectivity index (χ0v) is 18.6. The SMILES string of the molecule is CCc1cc(Br)ccc1NC(=O)COC(=O)[C@H](C)N1C(=O)[C@H]2[C@H]3CC[C@@H](C3)[C@@H]2C1=O. The van der Waals surface area contributed by atoms with Gasteiger partial charge in [0.25, 0.3) is 5.91 Å². The van der Waals surface area contributed by atoms with Crippen molar-refractivity contribution in [2.75, 3.05) is 11.9 Å². The molecule has 30 heavy (non-hydrogen) atoms. The number of anilines is 1. The van der Waals surface area contributed by atoms with Crippen LogP contribution in [0.2, 0.25) is 0 Å². The van der Waals surface area contributed by atoms with E-state index in [0.29, 0.717) is 5.69 Å². The number of nitrogens with zero attached hydrogens (tertiary/aromatic N) is 1. The Morgan fingerprint density at radius 1 is 1.20 bits per heavy atom. The molecule has 1 aromatic rings. The molecule has 3 amide bonds. The van der Waals surface area contributed by atoms with E-state index in [1.807, 2.05) is 19.1 Å². The van der Waals surface area contributed by atoms with Gasteiger partial charge in [-0.3, -0.25) is 19.3 Å². The van der Waals surface area contributed by atoms with Gasteiger partial charge < -0.3 is 10.1 Å². The highest BCUT2D eigenvalue weighted by molar-refractivity contribution is 9.10. The topological polar surface area (TPSA) is 92.8 Å². The Kier molecular flexibility index (Phi) is 5.70. The number of imide groups is 1. The van der Waals surface area contributed by atoms with Crippen LogP contribution in [0.3, 0.4) is 0 Å². The Labute approximate surface area is 183 Å². The Morgan fingerprint density at radius 2 is 1.83 bits per heavy atom. The normalized spacial score (nSPS) is 27.9. The molecule has 1 aliphatic heterocycles. The van der Waals surface area contributed by atoms with E-state index in [1.165, 1.54) is 6.92 Å². The van der Waals surface area contributed by atoms with Crippen LogP contribution in [0.25, 0.3) is 0 Å². The molecule has 3 aliphatic rings. The maximum Gasteiger partial charge on any atom is 0.329 e. The standard InChI is InChI=1S/C22H25BrN2O5/c1-3-12-9-15(23)6-7-16(12)24-17(26)10-30-22(29)11(2)25-20(27)18-13-4-5-14(8-13)19(18)21(25)28/h6-7,9,11,13-14,18-19H,3-5,8,10H2,1-2H3,(H,24,26)/t11-,13-,14-,18-,19-/m0/s1. The first-order chi connectivity index (χ1) is 14.3. The maximum absolute atomic E-state index is 12.8. The van der Waals surface area contributed by atoms with Crippen molar-refractivity contribution < 1.29 is 23.9 Å². The molecule has 0 unspecified atom stereocenters. The molecule has 8 heteroatoms. The average molecular weight is 477 g/mol. The summed E-state index contributed by atoms with van der Waals surface area (Å²) in [5.74, 6) is -1.77. The molecule has 0 radical (unpaired) electrons. The first kappa shape index (κ1) is 21.0. The summed E-state index contributed by atoms with van der Waals surface area (Å²) in [6.45, 7) is 2.99. The van der Waals surface area contributed by atoms with Crippen LogP contribution >= 0.6 is 15.9 Å².